The molecule has 6 heteroatoms. The Balaban J connectivity index is 3.96. The van der Waals surface area contributed by atoms with Crippen molar-refractivity contribution in [2.24, 2.45) is 5.92 Å². The SMILES string of the molecule is CC[C@@H](C)C(=O)NCC(=O)N[C@H](C)C(=O)NC. The summed E-state index contributed by atoms with van der Waals surface area (Å²) in [5, 5.41) is 7.41. The van der Waals surface area contributed by atoms with Gasteiger partial charge >= 0.3 is 0 Å². The zero-order valence-corrected chi connectivity index (χ0v) is 10.8. The lowest BCUT2D eigenvalue weighted by molar-refractivity contribution is -0.130. The summed E-state index contributed by atoms with van der Waals surface area (Å²) in [6, 6.07) is -0.604. The molecule has 0 aromatic rings. The molecule has 0 rings (SSSR count). The summed E-state index contributed by atoms with van der Waals surface area (Å²) < 4.78 is 0. The first-order valence-electron chi connectivity index (χ1n) is 5.71. The molecule has 2 atom stereocenters. The zero-order chi connectivity index (χ0) is 13.4. The topological polar surface area (TPSA) is 87.3 Å². The fraction of sp³-hybridized carbons (Fsp3) is 0.727. The fourth-order valence-electron chi connectivity index (χ4n) is 1.10. The Morgan fingerprint density at radius 2 is 1.71 bits per heavy atom. The van der Waals surface area contributed by atoms with E-state index in [0.29, 0.717) is 0 Å². The second kappa shape index (κ2) is 7.65. The predicted molar refractivity (Wildman–Crippen MR) is 64.1 cm³/mol. The van der Waals surface area contributed by atoms with Crippen LogP contribution in [0.2, 0.25) is 0 Å². The van der Waals surface area contributed by atoms with E-state index in [2.05, 4.69) is 16.0 Å². The largest absolute Gasteiger partial charge is 0.357 e. The van der Waals surface area contributed by atoms with E-state index in [9.17, 15) is 14.4 Å². The average molecular weight is 243 g/mol. The predicted octanol–water partition coefficient (Wildman–Crippen LogP) is -0.601. The molecule has 98 valence electrons. The van der Waals surface area contributed by atoms with Crippen molar-refractivity contribution in [3.63, 3.8) is 0 Å². The molecule has 0 aliphatic heterocycles. The van der Waals surface area contributed by atoms with E-state index >= 15 is 0 Å². The van der Waals surface area contributed by atoms with Gasteiger partial charge in [0.2, 0.25) is 17.7 Å². The van der Waals surface area contributed by atoms with Gasteiger partial charge < -0.3 is 16.0 Å². The molecule has 3 N–H and O–H groups in total. The van der Waals surface area contributed by atoms with Crippen LogP contribution in [-0.4, -0.2) is 37.4 Å². The van der Waals surface area contributed by atoms with Crippen molar-refractivity contribution in [2.45, 2.75) is 33.2 Å². The van der Waals surface area contributed by atoms with Gasteiger partial charge in [-0.2, -0.15) is 0 Å². The van der Waals surface area contributed by atoms with E-state index in [4.69, 9.17) is 0 Å². The minimum Gasteiger partial charge on any atom is -0.357 e. The van der Waals surface area contributed by atoms with Gasteiger partial charge in [0.1, 0.15) is 6.04 Å². The summed E-state index contributed by atoms with van der Waals surface area (Å²) in [5.74, 6) is -0.918. The second-order valence-electron chi connectivity index (χ2n) is 3.93. The summed E-state index contributed by atoms with van der Waals surface area (Å²) in [4.78, 5) is 33.9. The summed E-state index contributed by atoms with van der Waals surface area (Å²) in [6.45, 7) is 5.16. The number of carbonyl (C=O) groups excluding carboxylic acids is 3. The molecule has 0 heterocycles. The molecule has 0 aromatic heterocycles. The van der Waals surface area contributed by atoms with E-state index in [1.165, 1.54) is 7.05 Å². The van der Waals surface area contributed by atoms with E-state index in [1.54, 1.807) is 13.8 Å². The van der Waals surface area contributed by atoms with Gasteiger partial charge in [-0.05, 0) is 13.3 Å². The third-order valence-electron chi connectivity index (χ3n) is 2.50. The van der Waals surface area contributed by atoms with Crippen molar-refractivity contribution in [2.75, 3.05) is 13.6 Å². The van der Waals surface area contributed by atoms with Crippen LogP contribution in [0.4, 0.5) is 0 Å². The lowest BCUT2D eigenvalue weighted by atomic mass is 10.1. The monoisotopic (exact) mass is 243 g/mol. The van der Waals surface area contributed by atoms with E-state index in [0.717, 1.165) is 6.42 Å². The maximum absolute atomic E-state index is 11.4. The molecule has 0 radical (unpaired) electrons. The molecule has 3 amide bonds. The smallest absolute Gasteiger partial charge is 0.242 e. The molecular formula is C11H21N3O3. The lowest BCUT2D eigenvalue weighted by Crippen LogP contribution is -2.47. The van der Waals surface area contributed by atoms with Crippen molar-refractivity contribution < 1.29 is 14.4 Å². The van der Waals surface area contributed by atoms with Gasteiger partial charge in [0.15, 0.2) is 0 Å². The van der Waals surface area contributed by atoms with Crippen molar-refractivity contribution in [1.29, 1.82) is 0 Å². The first-order chi connectivity index (χ1) is 7.92. The molecule has 0 saturated heterocycles. The van der Waals surface area contributed by atoms with E-state index < -0.39 is 6.04 Å². The molecule has 0 bridgehead atoms. The zero-order valence-electron chi connectivity index (χ0n) is 10.8. The number of nitrogens with one attached hydrogen (secondary N) is 3. The van der Waals surface area contributed by atoms with Crippen molar-refractivity contribution in [1.82, 2.24) is 16.0 Å². The number of hydrogen-bond acceptors (Lipinski definition) is 3. The number of carbonyl (C=O) groups is 3. The molecule has 6 nitrogen and oxygen atoms in total. The molecule has 0 aliphatic rings. The number of rotatable bonds is 6. The van der Waals surface area contributed by atoms with Crippen LogP contribution in [0.5, 0.6) is 0 Å². The van der Waals surface area contributed by atoms with Crippen LogP contribution >= 0.6 is 0 Å². The minimum atomic E-state index is -0.604. The van der Waals surface area contributed by atoms with Gasteiger partial charge in [-0.3, -0.25) is 14.4 Å². The molecule has 0 saturated carbocycles. The van der Waals surface area contributed by atoms with Gasteiger partial charge in [-0.1, -0.05) is 13.8 Å². The first kappa shape index (κ1) is 15.4. The lowest BCUT2D eigenvalue weighted by Gasteiger charge is -2.13. The van der Waals surface area contributed by atoms with Crippen LogP contribution in [0.25, 0.3) is 0 Å². The standard InChI is InChI=1S/C11H21N3O3/c1-5-7(2)10(16)13-6-9(15)14-8(3)11(17)12-4/h7-8H,5-6H2,1-4H3,(H,12,17)(H,13,16)(H,14,15)/t7-,8-/m1/s1. The van der Waals surface area contributed by atoms with E-state index in [1.807, 2.05) is 6.92 Å². The number of likely N-dealkylation sites (N-methyl/N-ethyl adjacent to an activating group) is 1. The van der Waals surface area contributed by atoms with Gasteiger partial charge in [0, 0.05) is 13.0 Å². The Labute approximate surface area is 102 Å². The average Bonchev–Trinajstić information content (AvgIpc) is 2.33. The van der Waals surface area contributed by atoms with Crippen molar-refractivity contribution in [3.05, 3.63) is 0 Å². The molecule has 0 unspecified atom stereocenters. The first-order valence-corrected chi connectivity index (χ1v) is 5.71. The third-order valence-corrected chi connectivity index (χ3v) is 2.50. The highest BCUT2D eigenvalue weighted by Gasteiger charge is 2.15. The molecule has 0 aromatic carbocycles. The highest BCUT2D eigenvalue weighted by atomic mass is 16.2. The number of amides is 3. The van der Waals surface area contributed by atoms with Crippen LogP contribution in [0, 0.1) is 5.92 Å². The Bertz CT molecular complexity index is 292. The van der Waals surface area contributed by atoms with Crippen LogP contribution in [0.3, 0.4) is 0 Å². The Hall–Kier alpha value is -1.59. The van der Waals surface area contributed by atoms with Gasteiger partial charge in [-0.15, -0.1) is 0 Å². The Kier molecular flexibility index (Phi) is 6.93. The van der Waals surface area contributed by atoms with Crippen LogP contribution in [0.1, 0.15) is 27.2 Å². The highest BCUT2D eigenvalue weighted by Crippen LogP contribution is 1.98. The fourth-order valence-corrected chi connectivity index (χ4v) is 1.10. The maximum atomic E-state index is 11.4. The molecule has 0 fully saturated rings. The minimum absolute atomic E-state index is 0.107. The molecule has 0 spiro atoms. The highest BCUT2D eigenvalue weighted by molar-refractivity contribution is 5.90. The van der Waals surface area contributed by atoms with Gasteiger partial charge in [0.05, 0.1) is 6.54 Å². The third kappa shape index (κ3) is 5.89. The molecule has 0 aliphatic carbocycles. The summed E-state index contributed by atoms with van der Waals surface area (Å²) in [7, 11) is 1.50. The molecular weight excluding hydrogens is 222 g/mol. The number of hydrogen-bond donors (Lipinski definition) is 3. The van der Waals surface area contributed by atoms with Crippen LogP contribution < -0.4 is 16.0 Å². The summed E-state index contributed by atoms with van der Waals surface area (Å²) >= 11 is 0. The summed E-state index contributed by atoms with van der Waals surface area (Å²) in [6.07, 6.45) is 0.724. The van der Waals surface area contributed by atoms with Gasteiger partial charge in [0.25, 0.3) is 0 Å². The normalized spacial score (nSPS) is 13.4. The Morgan fingerprint density at radius 1 is 1.12 bits per heavy atom. The second-order valence-corrected chi connectivity index (χ2v) is 3.93. The van der Waals surface area contributed by atoms with Crippen LogP contribution in [-0.2, 0) is 14.4 Å². The van der Waals surface area contributed by atoms with Crippen molar-refractivity contribution in [3.8, 4) is 0 Å². The summed E-state index contributed by atoms with van der Waals surface area (Å²) in [5.41, 5.74) is 0. The van der Waals surface area contributed by atoms with Gasteiger partial charge in [-0.25, -0.2) is 0 Å². The maximum Gasteiger partial charge on any atom is 0.242 e. The Morgan fingerprint density at radius 3 is 2.18 bits per heavy atom. The van der Waals surface area contributed by atoms with Crippen LogP contribution in [0.15, 0.2) is 0 Å². The quantitative estimate of drug-likeness (QED) is 0.582. The van der Waals surface area contributed by atoms with Crippen molar-refractivity contribution >= 4 is 17.7 Å². The van der Waals surface area contributed by atoms with E-state index in [-0.39, 0.29) is 30.2 Å². The molecule has 17 heavy (non-hydrogen) atoms.